The van der Waals surface area contributed by atoms with E-state index in [9.17, 15) is 4.79 Å². The van der Waals surface area contributed by atoms with Crippen LogP contribution in [0.1, 0.15) is 44.9 Å². The average molecular weight is 280 g/mol. The first-order valence-corrected chi connectivity index (χ1v) is 8.35. The molecule has 20 heavy (non-hydrogen) atoms. The van der Waals surface area contributed by atoms with E-state index in [1.165, 1.54) is 58.7 Å². The summed E-state index contributed by atoms with van der Waals surface area (Å²) < 4.78 is 5.09. The van der Waals surface area contributed by atoms with Crippen LogP contribution >= 0.6 is 0 Å². The Hall–Kier alpha value is -0.610. The molecule has 0 saturated carbocycles. The number of rotatable bonds is 2. The van der Waals surface area contributed by atoms with Crippen LogP contribution in [0.15, 0.2) is 0 Å². The van der Waals surface area contributed by atoms with E-state index in [0.717, 1.165) is 13.0 Å². The lowest BCUT2D eigenvalue weighted by Gasteiger charge is -2.48. The highest BCUT2D eigenvalue weighted by atomic mass is 16.5. The van der Waals surface area contributed by atoms with Crippen LogP contribution in [0.3, 0.4) is 0 Å². The summed E-state index contributed by atoms with van der Waals surface area (Å²) in [4.78, 5) is 14.8. The Balaban J connectivity index is 1.72. The Labute approximate surface area is 122 Å². The number of esters is 1. The molecule has 0 aromatic heterocycles. The molecule has 114 valence electrons. The lowest BCUT2D eigenvalue weighted by Crippen LogP contribution is -2.57. The van der Waals surface area contributed by atoms with Gasteiger partial charge in [0.25, 0.3) is 0 Å². The molecule has 4 atom stereocenters. The van der Waals surface area contributed by atoms with Gasteiger partial charge in [-0.2, -0.15) is 0 Å². The van der Waals surface area contributed by atoms with Gasteiger partial charge in [0, 0.05) is 18.6 Å². The van der Waals surface area contributed by atoms with Crippen molar-refractivity contribution in [3.05, 3.63) is 0 Å². The molecule has 0 radical (unpaired) electrons. The van der Waals surface area contributed by atoms with Gasteiger partial charge < -0.3 is 10.1 Å². The van der Waals surface area contributed by atoms with Gasteiger partial charge in [-0.1, -0.05) is 12.8 Å². The number of ether oxygens (including phenoxy) is 1. The van der Waals surface area contributed by atoms with Crippen LogP contribution in [0.25, 0.3) is 0 Å². The van der Waals surface area contributed by atoms with Crippen LogP contribution in [0.5, 0.6) is 0 Å². The molecule has 0 aromatic rings. The van der Waals surface area contributed by atoms with E-state index in [2.05, 4.69) is 10.2 Å². The Kier molecular flexibility index (Phi) is 4.61. The normalized spacial score (nSPS) is 39.0. The van der Waals surface area contributed by atoms with Crippen molar-refractivity contribution in [3.63, 3.8) is 0 Å². The Bertz CT molecular complexity index is 341. The van der Waals surface area contributed by atoms with Gasteiger partial charge in [-0.05, 0) is 51.1 Å². The molecule has 4 nitrogen and oxygen atoms in total. The molecular formula is C16H28N2O2. The largest absolute Gasteiger partial charge is 0.469 e. The molecule has 3 rings (SSSR count). The molecule has 0 amide bonds. The lowest BCUT2D eigenvalue weighted by atomic mass is 9.75. The van der Waals surface area contributed by atoms with Crippen molar-refractivity contribution < 1.29 is 9.53 Å². The second-order valence-electron chi connectivity index (χ2n) is 6.74. The lowest BCUT2D eigenvalue weighted by molar-refractivity contribution is -0.152. The number of methoxy groups -OCH3 is 1. The number of fused-ring (bicyclic) bond motifs is 1. The number of hydrogen-bond acceptors (Lipinski definition) is 4. The van der Waals surface area contributed by atoms with Crippen LogP contribution < -0.4 is 5.32 Å². The van der Waals surface area contributed by atoms with Gasteiger partial charge in [0.05, 0.1) is 13.0 Å². The van der Waals surface area contributed by atoms with Gasteiger partial charge in [0.2, 0.25) is 0 Å². The van der Waals surface area contributed by atoms with Gasteiger partial charge in [-0.3, -0.25) is 9.69 Å². The van der Waals surface area contributed by atoms with Gasteiger partial charge in [0.15, 0.2) is 0 Å². The van der Waals surface area contributed by atoms with Gasteiger partial charge in [0.1, 0.15) is 0 Å². The number of nitrogens with zero attached hydrogens (tertiary/aromatic N) is 1. The number of carbonyl (C=O) groups excluding carboxylic acids is 1. The zero-order valence-corrected chi connectivity index (χ0v) is 12.6. The van der Waals surface area contributed by atoms with Crippen LogP contribution in [-0.2, 0) is 9.53 Å². The monoisotopic (exact) mass is 280 g/mol. The van der Waals surface area contributed by atoms with Crippen molar-refractivity contribution >= 4 is 5.97 Å². The molecule has 3 saturated heterocycles. The van der Waals surface area contributed by atoms with Gasteiger partial charge in [-0.25, -0.2) is 0 Å². The van der Waals surface area contributed by atoms with E-state index < -0.39 is 0 Å². The van der Waals surface area contributed by atoms with Crippen molar-refractivity contribution in [2.45, 2.75) is 57.0 Å². The summed E-state index contributed by atoms with van der Waals surface area (Å²) in [6.07, 6.45) is 8.65. The summed E-state index contributed by atoms with van der Waals surface area (Å²) in [7, 11) is 1.54. The topological polar surface area (TPSA) is 41.6 Å². The van der Waals surface area contributed by atoms with E-state index in [0.29, 0.717) is 18.0 Å². The predicted octanol–water partition coefficient (Wildman–Crippen LogP) is 1.79. The molecule has 4 unspecified atom stereocenters. The maximum Gasteiger partial charge on any atom is 0.310 e. The smallest absolute Gasteiger partial charge is 0.310 e. The average Bonchev–Trinajstić information content (AvgIpc) is 2.54. The van der Waals surface area contributed by atoms with Gasteiger partial charge >= 0.3 is 5.97 Å². The van der Waals surface area contributed by atoms with E-state index >= 15 is 0 Å². The predicted molar refractivity (Wildman–Crippen MR) is 78.5 cm³/mol. The molecule has 0 aliphatic carbocycles. The SMILES string of the molecule is COC(=O)C1CC(C2CCCCN2)CN2CCCCC12. The highest BCUT2D eigenvalue weighted by Crippen LogP contribution is 2.36. The molecule has 1 N–H and O–H groups in total. The van der Waals surface area contributed by atoms with E-state index in [1.54, 1.807) is 0 Å². The number of hydrogen-bond donors (Lipinski definition) is 1. The second kappa shape index (κ2) is 6.44. The summed E-state index contributed by atoms with van der Waals surface area (Å²) in [5.74, 6) is 0.735. The van der Waals surface area contributed by atoms with Crippen molar-refractivity contribution in [1.82, 2.24) is 10.2 Å². The van der Waals surface area contributed by atoms with Crippen molar-refractivity contribution in [3.8, 4) is 0 Å². The van der Waals surface area contributed by atoms with Crippen LogP contribution in [0.4, 0.5) is 0 Å². The zero-order valence-electron chi connectivity index (χ0n) is 12.6. The third kappa shape index (κ3) is 2.86. The molecular weight excluding hydrogens is 252 g/mol. The fourth-order valence-corrected chi connectivity index (χ4v) is 4.54. The molecule has 4 heteroatoms. The first-order valence-electron chi connectivity index (χ1n) is 8.35. The van der Waals surface area contributed by atoms with Gasteiger partial charge in [-0.15, -0.1) is 0 Å². The third-order valence-corrected chi connectivity index (χ3v) is 5.58. The minimum absolute atomic E-state index is 0.0161. The summed E-state index contributed by atoms with van der Waals surface area (Å²) in [6, 6.07) is 1.05. The first-order chi connectivity index (χ1) is 9.79. The first kappa shape index (κ1) is 14.3. The van der Waals surface area contributed by atoms with E-state index in [-0.39, 0.29) is 11.9 Å². The minimum atomic E-state index is 0.0161. The second-order valence-corrected chi connectivity index (χ2v) is 6.74. The third-order valence-electron chi connectivity index (χ3n) is 5.58. The van der Waals surface area contributed by atoms with Crippen LogP contribution in [0, 0.1) is 11.8 Å². The van der Waals surface area contributed by atoms with Crippen LogP contribution in [-0.4, -0.2) is 49.7 Å². The van der Waals surface area contributed by atoms with E-state index in [1.807, 2.05) is 0 Å². The Morgan fingerprint density at radius 2 is 2.05 bits per heavy atom. The number of carbonyl (C=O) groups is 1. The molecule has 0 aromatic carbocycles. The maximum absolute atomic E-state index is 12.2. The Morgan fingerprint density at radius 1 is 1.20 bits per heavy atom. The zero-order chi connectivity index (χ0) is 13.9. The van der Waals surface area contributed by atoms with Crippen molar-refractivity contribution in [1.29, 1.82) is 0 Å². The standard InChI is InChI=1S/C16H28N2O2/c1-20-16(19)13-10-12(14-6-2-4-8-17-14)11-18-9-5-3-7-15(13)18/h12-15,17H,2-11H2,1H3. The Morgan fingerprint density at radius 3 is 2.80 bits per heavy atom. The van der Waals surface area contributed by atoms with Crippen molar-refractivity contribution in [2.24, 2.45) is 11.8 Å². The van der Waals surface area contributed by atoms with Crippen LogP contribution in [0.2, 0.25) is 0 Å². The molecule has 0 bridgehead atoms. The molecule has 3 heterocycles. The minimum Gasteiger partial charge on any atom is -0.469 e. The highest BCUT2D eigenvalue weighted by molar-refractivity contribution is 5.73. The molecule has 3 aliphatic rings. The molecule has 3 fully saturated rings. The summed E-state index contributed by atoms with van der Waals surface area (Å²) in [5.41, 5.74) is 0. The fourth-order valence-electron chi connectivity index (χ4n) is 4.54. The van der Waals surface area contributed by atoms with E-state index in [4.69, 9.17) is 4.74 Å². The van der Waals surface area contributed by atoms with Crippen molar-refractivity contribution in [2.75, 3.05) is 26.7 Å². The summed E-state index contributed by atoms with van der Waals surface area (Å²) >= 11 is 0. The quantitative estimate of drug-likeness (QED) is 0.783. The molecule has 0 spiro atoms. The summed E-state index contributed by atoms with van der Waals surface area (Å²) in [5, 5.41) is 3.68. The summed E-state index contributed by atoms with van der Waals surface area (Å²) in [6.45, 7) is 3.49. The number of piperidine rings is 3. The number of nitrogens with one attached hydrogen (secondary N) is 1. The maximum atomic E-state index is 12.2. The highest BCUT2D eigenvalue weighted by Gasteiger charge is 2.43. The molecule has 3 aliphatic heterocycles. The fraction of sp³-hybridized carbons (Fsp3) is 0.938.